The number of aryl methyl sites for hydroxylation is 1. The zero-order valence-electron chi connectivity index (χ0n) is 28.1. The van der Waals surface area contributed by atoms with E-state index in [-0.39, 0.29) is 16.7 Å². The van der Waals surface area contributed by atoms with Crippen molar-refractivity contribution in [3.05, 3.63) is 42.1 Å². The molecule has 5 heterocycles. The molecule has 16 heteroatoms. The quantitative estimate of drug-likeness (QED) is 0.211. The van der Waals surface area contributed by atoms with Crippen molar-refractivity contribution in [3.8, 4) is 11.5 Å². The topological polar surface area (TPSA) is 173 Å². The molecular formula is C32H44N10O5S. The molecular weight excluding hydrogens is 636 g/mol. The Morgan fingerprint density at radius 2 is 1.81 bits per heavy atom. The highest BCUT2D eigenvalue weighted by Gasteiger charge is 2.34. The summed E-state index contributed by atoms with van der Waals surface area (Å²) in [5.74, 6) is 2.71. The Bertz CT molecular complexity index is 1810. The van der Waals surface area contributed by atoms with Gasteiger partial charge in [-0.25, -0.2) is 28.4 Å². The van der Waals surface area contributed by atoms with Gasteiger partial charge >= 0.3 is 0 Å². The van der Waals surface area contributed by atoms with Crippen LogP contribution in [0, 0.1) is 13.8 Å². The zero-order chi connectivity index (χ0) is 33.9. The van der Waals surface area contributed by atoms with Gasteiger partial charge < -0.3 is 29.7 Å². The first-order chi connectivity index (χ1) is 23.0. The Morgan fingerprint density at radius 1 is 1.04 bits per heavy atom. The lowest BCUT2D eigenvalue weighted by Gasteiger charge is -2.34. The lowest BCUT2D eigenvalue weighted by molar-refractivity contribution is 0.0000539. The number of fused-ring (bicyclic) bond motifs is 1. The van der Waals surface area contributed by atoms with Gasteiger partial charge in [-0.05, 0) is 40.7 Å². The van der Waals surface area contributed by atoms with E-state index in [1.807, 2.05) is 13.8 Å². The molecule has 1 aromatic carbocycles. The SMILES string of the molecule is Cc1n[nH]c(Nc2ncnc3cc(OCCN4CCN(c5ncc(OC[C@H]6CNCCO6)cn5)CC4)c(S(=O)(=O)C(C)(C)C)cc23)c1C. The summed E-state index contributed by atoms with van der Waals surface area (Å²) in [6, 6.07) is 3.30. The minimum absolute atomic E-state index is 0.0251. The summed E-state index contributed by atoms with van der Waals surface area (Å²) < 4.78 is 44.3. The van der Waals surface area contributed by atoms with Crippen LogP contribution in [0.15, 0.2) is 35.7 Å². The molecule has 2 aliphatic heterocycles. The number of benzene rings is 1. The predicted molar refractivity (Wildman–Crippen MR) is 182 cm³/mol. The minimum atomic E-state index is -3.78. The molecule has 2 saturated heterocycles. The van der Waals surface area contributed by atoms with Crippen molar-refractivity contribution in [2.45, 2.75) is 50.4 Å². The number of anilines is 3. The van der Waals surface area contributed by atoms with Crippen molar-refractivity contribution in [1.82, 2.24) is 40.3 Å². The first kappa shape index (κ1) is 33.8. The second-order valence-corrected chi connectivity index (χ2v) is 15.7. The van der Waals surface area contributed by atoms with Crippen LogP contribution in [-0.2, 0) is 14.6 Å². The number of sulfone groups is 1. The zero-order valence-corrected chi connectivity index (χ0v) is 28.9. The third kappa shape index (κ3) is 7.46. The van der Waals surface area contributed by atoms with Gasteiger partial charge in [-0.1, -0.05) is 0 Å². The van der Waals surface area contributed by atoms with Crippen molar-refractivity contribution >= 4 is 38.3 Å². The van der Waals surface area contributed by atoms with Crippen molar-refractivity contribution in [2.24, 2.45) is 0 Å². The smallest absolute Gasteiger partial charge is 0.225 e. The molecule has 0 unspecified atom stereocenters. The number of morpholine rings is 1. The number of nitrogens with zero attached hydrogens (tertiary/aromatic N) is 7. The summed E-state index contributed by atoms with van der Waals surface area (Å²) in [6.07, 6.45) is 4.87. The average molecular weight is 681 g/mol. The van der Waals surface area contributed by atoms with Crippen LogP contribution in [0.4, 0.5) is 17.6 Å². The maximum absolute atomic E-state index is 13.8. The van der Waals surface area contributed by atoms with E-state index < -0.39 is 14.6 Å². The van der Waals surface area contributed by atoms with Crippen LogP contribution in [0.3, 0.4) is 0 Å². The molecule has 258 valence electrons. The second kappa shape index (κ2) is 14.2. The fraction of sp³-hybridized carbons (Fsp3) is 0.531. The molecule has 0 radical (unpaired) electrons. The summed E-state index contributed by atoms with van der Waals surface area (Å²) in [7, 11) is -3.78. The molecule has 4 aromatic rings. The van der Waals surface area contributed by atoms with E-state index in [2.05, 4.69) is 50.6 Å². The third-order valence-corrected chi connectivity index (χ3v) is 11.2. The van der Waals surface area contributed by atoms with E-state index in [4.69, 9.17) is 14.2 Å². The van der Waals surface area contributed by atoms with Crippen LogP contribution in [-0.4, -0.2) is 120 Å². The van der Waals surface area contributed by atoms with Gasteiger partial charge in [-0.3, -0.25) is 10.00 Å². The maximum atomic E-state index is 13.8. The number of hydrogen-bond acceptors (Lipinski definition) is 14. The number of nitrogens with one attached hydrogen (secondary N) is 3. The second-order valence-electron chi connectivity index (χ2n) is 13.0. The number of piperazine rings is 1. The summed E-state index contributed by atoms with van der Waals surface area (Å²) in [5, 5.41) is 14.3. The summed E-state index contributed by atoms with van der Waals surface area (Å²) >= 11 is 0. The lowest BCUT2D eigenvalue weighted by Crippen LogP contribution is -2.48. The first-order valence-electron chi connectivity index (χ1n) is 16.2. The Hall–Kier alpha value is -4.12. The van der Waals surface area contributed by atoms with E-state index in [0.717, 1.165) is 50.5 Å². The fourth-order valence-electron chi connectivity index (χ4n) is 5.46. The molecule has 3 aromatic heterocycles. The standard InChI is InChI=1S/C32H44N10O5S/c1-21-22(2)39-40-29(21)38-30-25-14-28(48(43,44)32(3,4)5)27(15-26(25)36-20-37-30)46-13-11-41-7-9-42(10-8-41)31-34-17-23(18-35-31)47-19-24-16-33-6-12-45-24/h14-15,17-18,20,24,33H,6-13,16,19H2,1-5H3,(H2,36,37,38,39,40)/t24-/m1/s1. The monoisotopic (exact) mass is 680 g/mol. The van der Waals surface area contributed by atoms with E-state index in [0.29, 0.717) is 60.6 Å². The van der Waals surface area contributed by atoms with Gasteiger partial charge in [0.05, 0.1) is 35.0 Å². The molecule has 0 aliphatic carbocycles. The Morgan fingerprint density at radius 3 is 2.48 bits per heavy atom. The number of aromatic amines is 1. The van der Waals surface area contributed by atoms with Gasteiger partial charge in [0.2, 0.25) is 5.95 Å². The Balaban J connectivity index is 1.09. The highest BCUT2D eigenvalue weighted by atomic mass is 32.2. The van der Waals surface area contributed by atoms with Crippen molar-refractivity contribution in [1.29, 1.82) is 0 Å². The molecule has 6 rings (SSSR count). The van der Waals surface area contributed by atoms with Gasteiger partial charge in [0.15, 0.2) is 15.6 Å². The molecule has 0 spiro atoms. The van der Waals surface area contributed by atoms with Gasteiger partial charge in [0.1, 0.15) is 47.9 Å². The van der Waals surface area contributed by atoms with Gasteiger partial charge in [0, 0.05) is 62.8 Å². The summed E-state index contributed by atoms with van der Waals surface area (Å²) in [5.41, 5.74) is 2.36. The number of hydrogen-bond donors (Lipinski definition) is 3. The highest BCUT2D eigenvalue weighted by molar-refractivity contribution is 7.92. The minimum Gasteiger partial charge on any atom is -0.491 e. The normalized spacial score (nSPS) is 17.9. The summed E-state index contributed by atoms with van der Waals surface area (Å²) in [4.78, 5) is 22.4. The summed E-state index contributed by atoms with van der Waals surface area (Å²) in [6.45, 7) is 15.7. The number of aromatic nitrogens is 6. The Labute approximate surface area is 280 Å². The van der Waals surface area contributed by atoms with Gasteiger partial charge in [-0.2, -0.15) is 5.10 Å². The molecule has 0 amide bonds. The largest absolute Gasteiger partial charge is 0.491 e. The van der Waals surface area contributed by atoms with E-state index >= 15 is 0 Å². The molecule has 48 heavy (non-hydrogen) atoms. The van der Waals surface area contributed by atoms with Crippen molar-refractivity contribution in [3.63, 3.8) is 0 Å². The van der Waals surface area contributed by atoms with Crippen LogP contribution >= 0.6 is 0 Å². The molecule has 1 atom stereocenters. The van der Waals surface area contributed by atoms with Crippen LogP contribution < -0.4 is 25.0 Å². The molecule has 2 fully saturated rings. The molecule has 2 aliphatic rings. The molecule has 0 saturated carbocycles. The first-order valence-corrected chi connectivity index (χ1v) is 17.7. The van der Waals surface area contributed by atoms with Crippen LogP contribution in [0.1, 0.15) is 32.0 Å². The Kier molecular flexibility index (Phi) is 9.96. The lowest BCUT2D eigenvalue weighted by atomic mass is 10.2. The van der Waals surface area contributed by atoms with Crippen LogP contribution in [0.5, 0.6) is 11.5 Å². The van der Waals surface area contributed by atoms with E-state index in [1.165, 1.54) is 6.33 Å². The van der Waals surface area contributed by atoms with E-state index in [9.17, 15) is 8.42 Å². The van der Waals surface area contributed by atoms with Crippen LogP contribution in [0.2, 0.25) is 0 Å². The average Bonchev–Trinajstić information content (AvgIpc) is 3.40. The van der Waals surface area contributed by atoms with Crippen molar-refractivity contribution < 1.29 is 22.6 Å². The molecule has 0 bridgehead atoms. The van der Waals surface area contributed by atoms with Crippen molar-refractivity contribution in [2.75, 3.05) is 75.9 Å². The van der Waals surface area contributed by atoms with Gasteiger partial charge in [-0.15, -0.1) is 0 Å². The molecule has 3 N–H and O–H groups in total. The fourth-order valence-corrected chi connectivity index (χ4v) is 6.78. The predicted octanol–water partition coefficient (Wildman–Crippen LogP) is 2.64. The van der Waals surface area contributed by atoms with Gasteiger partial charge in [0.25, 0.3) is 0 Å². The number of rotatable bonds is 11. The van der Waals surface area contributed by atoms with E-state index in [1.54, 1.807) is 45.3 Å². The number of H-pyrrole nitrogens is 1. The number of ether oxygens (including phenoxy) is 3. The molecule has 15 nitrogen and oxygen atoms in total. The highest BCUT2D eigenvalue weighted by Crippen LogP contribution is 2.37. The maximum Gasteiger partial charge on any atom is 0.225 e. The third-order valence-electron chi connectivity index (χ3n) is 8.67. The van der Waals surface area contributed by atoms with Crippen LogP contribution in [0.25, 0.3) is 10.9 Å².